The second-order valence-corrected chi connectivity index (χ2v) is 6.61. The highest BCUT2D eigenvalue weighted by Gasteiger charge is 2.24. The van der Waals surface area contributed by atoms with Crippen molar-refractivity contribution in [3.05, 3.63) is 63.1 Å². The number of nitrogens with zero attached hydrogens (tertiary/aromatic N) is 5. The van der Waals surface area contributed by atoms with Crippen LogP contribution in [0.2, 0.25) is 0 Å². The summed E-state index contributed by atoms with van der Waals surface area (Å²) in [6.07, 6.45) is 3.85. The van der Waals surface area contributed by atoms with Crippen LogP contribution in [0.5, 0.6) is 0 Å². The van der Waals surface area contributed by atoms with E-state index in [1.54, 1.807) is 23.1 Å². The van der Waals surface area contributed by atoms with E-state index in [2.05, 4.69) is 9.97 Å². The van der Waals surface area contributed by atoms with Crippen LogP contribution < -0.4 is 4.90 Å². The lowest BCUT2D eigenvalue weighted by atomic mass is 10.1. The van der Waals surface area contributed by atoms with Gasteiger partial charge in [-0.3, -0.25) is 14.9 Å². The van der Waals surface area contributed by atoms with Crippen molar-refractivity contribution in [3.63, 3.8) is 0 Å². The molecule has 0 bridgehead atoms. The Kier molecular flexibility index (Phi) is 5.16. The van der Waals surface area contributed by atoms with E-state index in [4.69, 9.17) is 0 Å². The van der Waals surface area contributed by atoms with Crippen molar-refractivity contribution >= 4 is 23.5 Å². The second kappa shape index (κ2) is 7.53. The summed E-state index contributed by atoms with van der Waals surface area (Å²) in [6, 6.07) is 6.08. The number of carbonyl (C=O) groups is 1. The lowest BCUT2D eigenvalue weighted by Crippen LogP contribution is -2.36. The second-order valence-electron chi connectivity index (χ2n) is 6.61. The molecule has 1 aromatic heterocycles. The minimum Gasteiger partial charge on any atom is -0.362 e. The number of aryl methyl sites for hydroxylation is 1. The van der Waals surface area contributed by atoms with Gasteiger partial charge in [0.2, 0.25) is 5.91 Å². The highest BCUT2D eigenvalue weighted by atomic mass is 16.6. The maximum Gasteiger partial charge on any atom is 0.269 e. The molecule has 0 aliphatic carbocycles. The zero-order chi connectivity index (χ0) is 19.6. The summed E-state index contributed by atoms with van der Waals surface area (Å²) < 4.78 is 0. The number of carbonyl (C=O) groups excluding carboxylic acids is 1. The largest absolute Gasteiger partial charge is 0.362 e. The van der Waals surface area contributed by atoms with Crippen LogP contribution in [-0.2, 0) is 17.8 Å². The lowest BCUT2D eigenvalue weighted by Gasteiger charge is -2.30. The van der Waals surface area contributed by atoms with E-state index < -0.39 is 4.92 Å². The number of nitro groups is 1. The average molecular weight is 367 g/mol. The summed E-state index contributed by atoms with van der Waals surface area (Å²) in [5.41, 5.74) is 2.74. The van der Waals surface area contributed by atoms with Crippen LogP contribution in [0.4, 0.5) is 11.5 Å². The van der Waals surface area contributed by atoms with Gasteiger partial charge in [-0.15, -0.1) is 0 Å². The molecule has 1 aliphatic heterocycles. The molecule has 1 aliphatic rings. The van der Waals surface area contributed by atoms with Crippen LogP contribution in [0.1, 0.15) is 22.6 Å². The van der Waals surface area contributed by atoms with E-state index in [-0.39, 0.29) is 11.6 Å². The molecule has 1 amide bonds. The van der Waals surface area contributed by atoms with Crippen molar-refractivity contribution < 1.29 is 9.72 Å². The van der Waals surface area contributed by atoms with Gasteiger partial charge >= 0.3 is 0 Å². The van der Waals surface area contributed by atoms with Gasteiger partial charge < -0.3 is 9.80 Å². The SMILES string of the molecule is Cc1nc2c(c(N(C)C)n1)CN(C(=O)/C=C/c1ccc([N+](=O)[O-])cc1)CC2. The zero-order valence-corrected chi connectivity index (χ0v) is 15.5. The quantitative estimate of drug-likeness (QED) is 0.468. The van der Waals surface area contributed by atoms with Gasteiger partial charge in [0.15, 0.2) is 0 Å². The summed E-state index contributed by atoms with van der Waals surface area (Å²) in [6.45, 7) is 2.93. The van der Waals surface area contributed by atoms with Gasteiger partial charge in [-0.1, -0.05) is 0 Å². The zero-order valence-electron chi connectivity index (χ0n) is 15.5. The van der Waals surface area contributed by atoms with Gasteiger partial charge in [0, 0.05) is 50.8 Å². The first-order valence-corrected chi connectivity index (χ1v) is 8.60. The number of amides is 1. The standard InChI is InChI=1S/C19H21N5O3/c1-13-20-17-10-11-23(12-16(17)19(21-13)22(2)3)18(25)9-6-14-4-7-15(8-5-14)24(26)27/h4-9H,10-12H2,1-3H3/b9-6+. The Hall–Kier alpha value is -3.29. The number of hydrogen-bond acceptors (Lipinski definition) is 6. The van der Waals surface area contributed by atoms with Gasteiger partial charge in [-0.05, 0) is 30.7 Å². The summed E-state index contributed by atoms with van der Waals surface area (Å²) >= 11 is 0. The molecule has 27 heavy (non-hydrogen) atoms. The van der Waals surface area contributed by atoms with Crippen LogP contribution >= 0.6 is 0 Å². The van der Waals surface area contributed by atoms with Crippen molar-refractivity contribution in [1.82, 2.24) is 14.9 Å². The fourth-order valence-electron chi connectivity index (χ4n) is 3.06. The molecule has 8 nitrogen and oxygen atoms in total. The molecule has 2 heterocycles. The first-order chi connectivity index (χ1) is 12.8. The van der Waals surface area contributed by atoms with Gasteiger partial charge in [0.1, 0.15) is 11.6 Å². The number of nitro benzene ring substituents is 1. The Morgan fingerprint density at radius 3 is 2.59 bits per heavy atom. The number of hydrogen-bond donors (Lipinski definition) is 0. The van der Waals surface area contributed by atoms with Gasteiger partial charge in [0.25, 0.3) is 5.69 Å². The highest BCUT2D eigenvalue weighted by Crippen LogP contribution is 2.25. The van der Waals surface area contributed by atoms with Gasteiger partial charge in [-0.25, -0.2) is 9.97 Å². The molecule has 140 valence electrons. The third-order valence-electron chi connectivity index (χ3n) is 4.41. The number of anilines is 1. The summed E-state index contributed by atoms with van der Waals surface area (Å²) in [5, 5.41) is 10.7. The van der Waals surface area contributed by atoms with Crippen molar-refractivity contribution in [1.29, 1.82) is 0 Å². The molecule has 1 aromatic carbocycles. The fraction of sp³-hybridized carbons (Fsp3) is 0.316. The highest BCUT2D eigenvalue weighted by molar-refractivity contribution is 5.92. The fourth-order valence-corrected chi connectivity index (χ4v) is 3.06. The Morgan fingerprint density at radius 1 is 1.26 bits per heavy atom. The molecular formula is C19H21N5O3. The molecule has 3 rings (SSSR count). The van der Waals surface area contributed by atoms with Crippen molar-refractivity contribution in [2.45, 2.75) is 19.9 Å². The van der Waals surface area contributed by atoms with E-state index in [0.29, 0.717) is 19.5 Å². The molecule has 0 atom stereocenters. The van der Waals surface area contributed by atoms with Crippen LogP contribution in [0, 0.1) is 17.0 Å². The van der Waals surface area contributed by atoms with Crippen LogP contribution in [0.15, 0.2) is 30.3 Å². The van der Waals surface area contributed by atoms with Crippen molar-refractivity contribution in [3.8, 4) is 0 Å². The molecule has 0 saturated heterocycles. The summed E-state index contributed by atoms with van der Waals surface area (Å²) in [7, 11) is 3.86. The molecule has 0 saturated carbocycles. The number of fused-ring (bicyclic) bond motifs is 1. The Bertz CT molecular complexity index is 906. The molecule has 0 radical (unpaired) electrons. The van der Waals surface area contributed by atoms with Crippen LogP contribution in [0.3, 0.4) is 0 Å². The summed E-state index contributed by atoms with van der Waals surface area (Å²) in [5.74, 6) is 1.47. The number of non-ortho nitro benzene ring substituents is 1. The van der Waals surface area contributed by atoms with Crippen LogP contribution in [-0.4, -0.2) is 46.3 Å². The molecule has 2 aromatic rings. The smallest absolute Gasteiger partial charge is 0.269 e. The number of aromatic nitrogens is 2. The van der Waals surface area contributed by atoms with E-state index >= 15 is 0 Å². The molecule has 8 heteroatoms. The Labute approximate surface area is 157 Å². The van der Waals surface area contributed by atoms with E-state index in [0.717, 1.165) is 28.5 Å². The number of benzene rings is 1. The molecule has 0 N–H and O–H groups in total. The predicted octanol–water partition coefficient (Wildman–Crippen LogP) is 2.36. The lowest BCUT2D eigenvalue weighted by molar-refractivity contribution is -0.384. The topological polar surface area (TPSA) is 92.5 Å². The third-order valence-corrected chi connectivity index (χ3v) is 4.41. The predicted molar refractivity (Wildman–Crippen MR) is 102 cm³/mol. The maximum atomic E-state index is 12.6. The van der Waals surface area contributed by atoms with E-state index in [9.17, 15) is 14.9 Å². The van der Waals surface area contributed by atoms with Crippen LogP contribution in [0.25, 0.3) is 6.08 Å². The maximum absolute atomic E-state index is 12.6. The normalized spacial score (nSPS) is 13.5. The molecular weight excluding hydrogens is 346 g/mol. The first kappa shape index (κ1) is 18.5. The molecule has 0 spiro atoms. The first-order valence-electron chi connectivity index (χ1n) is 8.60. The average Bonchev–Trinajstić information content (AvgIpc) is 2.65. The summed E-state index contributed by atoms with van der Waals surface area (Å²) in [4.78, 5) is 35.5. The van der Waals surface area contributed by atoms with Gasteiger partial charge in [-0.2, -0.15) is 0 Å². The minimum absolute atomic E-state index is 0.0256. The third kappa shape index (κ3) is 4.11. The monoisotopic (exact) mass is 367 g/mol. The van der Waals surface area contributed by atoms with Crippen molar-refractivity contribution in [2.24, 2.45) is 0 Å². The number of rotatable bonds is 4. The Balaban J connectivity index is 1.75. The Morgan fingerprint density at radius 2 is 1.96 bits per heavy atom. The van der Waals surface area contributed by atoms with E-state index in [1.165, 1.54) is 18.2 Å². The minimum atomic E-state index is -0.448. The molecule has 0 unspecified atom stereocenters. The van der Waals surface area contributed by atoms with E-state index in [1.807, 2.05) is 25.9 Å². The van der Waals surface area contributed by atoms with Crippen molar-refractivity contribution in [2.75, 3.05) is 25.5 Å². The van der Waals surface area contributed by atoms with Gasteiger partial charge in [0.05, 0.1) is 17.2 Å². The molecule has 0 fully saturated rings.